The van der Waals surface area contributed by atoms with Crippen molar-refractivity contribution in [1.29, 1.82) is 0 Å². The van der Waals surface area contributed by atoms with Crippen LogP contribution in [-0.4, -0.2) is 28.8 Å². The average Bonchev–Trinajstić information content (AvgIpc) is 2.56. The molecular formula is C16H14ClN3O5. The van der Waals surface area contributed by atoms with Crippen LogP contribution in [0.4, 0.5) is 5.69 Å². The number of rotatable bonds is 6. The number of carbonyl (C=O) groups excluding carboxylic acids is 1. The number of halogens is 1. The van der Waals surface area contributed by atoms with E-state index in [0.29, 0.717) is 10.8 Å². The predicted molar refractivity (Wildman–Crippen MR) is 92.2 cm³/mol. The molecule has 0 spiro atoms. The smallest absolute Gasteiger partial charge is 0.278 e. The van der Waals surface area contributed by atoms with Gasteiger partial charge in [0.25, 0.3) is 11.6 Å². The van der Waals surface area contributed by atoms with E-state index >= 15 is 0 Å². The van der Waals surface area contributed by atoms with Crippen LogP contribution in [0.2, 0.25) is 5.02 Å². The van der Waals surface area contributed by atoms with Crippen molar-refractivity contribution < 1.29 is 19.6 Å². The number of nitrogens with one attached hydrogen (secondary N) is 1. The second-order valence-electron chi connectivity index (χ2n) is 4.99. The van der Waals surface area contributed by atoms with Crippen LogP contribution in [-0.2, 0) is 4.79 Å². The van der Waals surface area contributed by atoms with Crippen LogP contribution in [0, 0.1) is 17.0 Å². The second kappa shape index (κ2) is 8.11. The molecule has 0 saturated heterocycles. The van der Waals surface area contributed by atoms with Gasteiger partial charge in [0.1, 0.15) is 11.5 Å². The van der Waals surface area contributed by atoms with E-state index in [1.807, 2.05) is 6.92 Å². The fraction of sp³-hybridized carbons (Fsp3) is 0.125. The first-order valence-corrected chi connectivity index (χ1v) is 7.43. The predicted octanol–water partition coefficient (Wildman–Crippen LogP) is 2.79. The van der Waals surface area contributed by atoms with E-state index in [1.54, 1.807) is 18.2 Å². The fourth-order valence-corrected chi connectivity index (χ4v) is 1.99. The molecule has 0 unspecified atom stereocenters. The van der Waals surface area contributed by atoms with Gasteiger partial charge in [0.2, 0.25) is 0 Å². The highest BCUT2D eigenvalue weighted by molar-refractivity contribution is 6.31. The Hall–Kier alpha value is -3.13. The molecule has 0 saturated carbocycles. The largest absolute Gasteiger partial charge is 0.508 e. The van der Waals surface area contributed by atoms with E-state index in [-0.39, 0.29) is 23.6 Å². The molecule has 9 heteroatoms. The highest BCUT2D eigenvalue weighted by atomic mass is 35.5. The Morgan fingerprint density at radius 3 is 2.84 bits per heavy atom. The molecule has 8 nitrogen and oxygen atoms in total. The maximum Gasteiger partial charge on any atom is 0.278 e. The highest BCUT2D eigenvalue weighted by Crippen LogP contribution is 2.22. The summed E-state index contributed by atoms with van der Waals surface area (Å²) in [5.41, 5.74) is 2.81. The first-order chi connectivity index (χ1) is 11.9. The van der Waals surface area contributed by atoms with Gasteiger partial charge in [-0.1, -0.05) is 11.6 Å². The van der Waals surface area contributed by atoms with Gasteiger partial charge in [-0.2, -0.15) is 5.10 Å². The Kier molecular flexibility index (Phi) is 5.91. The van der Waals surface area contributed by atoms with Gasteiger partial charge >= 0.3 is 0 Å². The van der Waals surface area contributed by atoms with Crippen molar-refractivity contribution in [3.8, 4) is 11.5 Å². The molecule has 25 heavy (non-hydrogen) atoms. The van der Waals surface area contributed by atoms with Gasteiger partial charge in [-0.15, -0.1) is 0 Å². The summed E-state index contributed by atoms with van der Waals surface area (Å²) in [7, 11) is 0. The summed E-state index contributed by atoms with van der Waals surface area (Å²) in [6, 6.07) is 8.47. The Morgan fingerprint density at radius 1 is 1.40 bits per heavy atom. The number of phenolic OH excluding ortho intramolecular Hbond substituents is 1. The summed E-state index contributed by atoms with van der Waals surface area (Å²) in [5.74, 6) is -0.226. The molecular weight excluding hydrogens is 350 g/mol. The first kappa shape index (κ1) is 18.2. The number of hydrogen-bond donors (Lipinski definition) is 2. The molecule has 2 rings (SSSR count). The van der Waals surface area contributed by atoms with Crippen LogP contribution in [0.1, 0.15) is 11.1 Å². The number of aryl methyl sites for hydroxylation is 1. The minimum absolute atomic E-state index is 0.0551. The summed E-state index contributed by atoms with van der Waals surface area (Å²) in [5, 5.41) is 24.5. The molecule has 2 aromatic carbocycles. The molecule has 0 radical (unpaired) electrons. The van der Waals surface area contributed by atoms with Crippen molar-refractivity contribution in [2.24, 2.45) is 5.10 Å². The monoisotopic (exact) mass is 363 g/mol. The van der Waals surface area contributed by atoms with Crippen molar-refractivity contribution >= 4 is 29.4 Å². The Balaban J connectivity index is 1.93. The van der Waals surface area contributed by atoms with Crippen LogP contribution in [0.15, 0.2) is 41.5 Å². The lowest BCUT2D eigenvalue weighted by Crippen LogP contribution is -2.24. The third-order valence-corrected chi connectivity index (χ3v) is 3.52. The topological polar surface area (TPSA) is 114 Å². The van der Waals surface area contributed by atoms with Crippen molar-refractivity contribution in [2.75, 3.05) is 6.61 Å². The van der Waals surface area contributed by atoms with Crippen LogP contribution in [0.5, 0.6) is 11.5 Å². The number of carbonyl (C=O) groups is 1. The number of benzene rings is 2. The number of hydrazone groups is 1. The molecule has 1 amide bonds. The highest BCUT2D eigenvalue weighted by Gasteiger charge is 2.12. The minimum Gasteiger partial charge on any atom is -0.508 e. The van der Waals surface area contributed by atoms with Crippen molar-refractivity contribution in [1.82, 2.24) is 5.43 Å². The zero-order chi connectivity index (χ0) is 18.4. The number of hydrogen-bond acceptors (Lipinski definition) is 6. The van der Waals surface area contributed by atoms with Crippen molar-refractivity contribution in [3.63, 3.8) is 0 Å². The number of phenols is 1. The number of aromatic hydroxyl groups is 1. The molecule has 0 aliphatic carbocycles. The molecule has 0 aliphatic heterocycles. The summed E-state index contributed by atoms with van der Waals surface area (Å²) in [6.07, 6.45) is 1.07. The zero-order valence-corrected chi connectivity index (χ0v) is 13.9. The van der Waals surface area contributed by atoms with Crippen molar-refractivity contribution in [3.05, 3.63) is 62.7 Å². The van der Waals surface area contributed by atoms with Gasteiger partial charge in [-0.05, 0) is 42.8 Å². The number of nitro benzene ring substituents is 1. The summed E-state index contributed by atoms with van der Waals surface area (Å²) in [4.78, 5) is 22.0. The van der Waals surface area contributed by atoms with Gasteiger partial charge < -0.3 is 9.84 Å². The molecule has 0 heterocycles. The van der Waals surface area contributed by atoms with Gasteiger partial charge in [-0.25, -0.2) is 5.43 Å². The lowest BCUT2D eigenvalue weighted by atomic mass is 10.2. The number of nitro groups is 1. The Morgan fingerprint density at radius 2 is 2.16 bits per heavy atom. The van der Waals surface area contributed by atoms with E-state index in [9.17, 15) is 20.0 Å². The second-order valence-corrected chi connectivity index (χ2v) is 5.40. The maximum atomic E-state index is 11.7. The SMILES string of the molecule is Cc1cc(OCC(=O)N/N=C/c2cc(O)ccc2[N+](=O)[O-])ccc1Cl. The average molecular weight is 364 g/mol. The van der Waals surface area contributed by atoms with Crippen LogP contribution < -0.4 is 10.2 Å². The molecule has 0 fully saturated rings. The standard InChI is InChI=1S/C16H14ClN3O5/c1-10-6-13(3-4-14(10)17)25-9-16(22)19-18-8-11-7-12(21)2-5-15(11)20(23)24/h2-8,21H,9H2,1H3,(H,19,22)/b18-8+. The third kappa shape index (κ3) is 5.18. The van der Waals surface area contributed by atoms with E-state index < -0.39 is 10.8 Å². The number of amides is 1. The van der Waals surface area contributed by atoms with Crippen LogP contribution in [0.25, 0.3) is 0 Å². The molecule has 0 atom stereocenters. The summed E-state index contributed by atoms with van der Waals surface area (Å²) >= 11 is 5.90. The molecule has 130 valence electrons. The van der Waals surface area contributed by atoms with Crippen molar-refractivity contribution in [2.45, 2.75) is 6.92 Å². The lowest BCUT2D eigenvalue weighted by Gasteiger charge is -2.06. The van der Waals surface area contributed by atoms with E-state index in [4.69, 9.17) is 16.3 Å². The van der Waals surface area contributed by atoms with E-state index in [2.05, 4.69) is 10.5 Å². The van der Waals surface area contributed by atoms with E-state index in [1.165, 1.54) is 12.1 Å². The lowest BCUT2D eigenvalue weighted by molar-refractivity contribution is -0.385. The normalized spacial score (nSPS) is 10.6. The third-order valence-electron chi connectivity index (χ3n) is 3.10. The Bertz CT molecular complexity index is 839. The summed E-state index contributed by atoms with van der Waals surface area (Å²) < 4.78 is 5.29. The van der Waals surface area contributed by atoms with Gasteiger partial charge in [0, 0.05) is 11.1 Å². The maximum absolute atomic E-state index is 11.7. The fourth-order valence-electron chi connectivity index (χ4n) is 1.87. The molecule has 0 bridgehead atoms. The van der Waals surface area contributed by atoms with Crippen LogP contribution in [0.3, 0.4) is 0 Å². The van der Waals surface area contributed by atoms with Gasteiger partial charge in [0.05, 0.1) is 16.7 Å². The quantitative estimate of drug-likeness (QED) is 0.465. The Labute approximate surface area is 147 Å². The zero-order valence-electron chi connectivity index (χ0n) is 13.1. The molecule has 0 aromatic heterocycles. The van der Waals surface area contributed by atoms with Gasteiger partial charge in [0.15, 0.2) is 6.61 Å². The molecule has 0 aliphatic rings. The summed E-state index contributed by atoms with van der Waals surface area (Å²) in [6.45, 7) is 1.52. The molecule has 2 N–H and O–H groups in total. The van der Waals surface area contributed by atoms with Gasteiger partial charge in [-0.3, -0.25) is 14.9 Å². The minimum atomic E-state index is -0.616. The van der Waals surface area contributed by atoms with E-state index in [0.717, 1.165) is 17.8 Å². The molecule has 2 aromatic rings. The number of ether oxygens (including phenoxy) is 1. The number of nitrogens with zero attached hydrogens (tertiary/aromatic N) is 2. The van der Waals surface area contributed by atoms with Crippen LogP contribution >= 0.6 is 11.6 Å². The first-order valence-electron chi connectivity index (χ1n) is 7.05.